The molecule has 0 fully saturated rings. The summed E-state index contributed by atoms with van der Waals surface area (Å²) in [6.07, 6.45) is 1.32. The Bertz CT molecular complexity index is 658. The molecule has 0 heterocycles. The molecule has 0 aliphatic carbocycles. The molecule has 2 aromatic rings. The Morgan fingerprint density at radius 2 is 1.91 bits per heavy atom. The van der Waals surface area contributed by atoms with Gasteiger partial charge >= 0.3 is 0 Å². The molecule has 0 aromatic heterocycles. The second kappa shape index (κ2) is 7.31. The minimum atomic E-state index is -0.678. The van der Waals surface area contributed by atoms with Crippen molar-refractivity contribution in [2.24, 2.45) is 0 Å². The summed E-state index contributed by atoms with van der Waals surface area (Å²) in [6, 6.07) is 11.8. The van der Waals surface area contributed by atoms with E-state index in [1.54, 1.807) is 24.8 Å². The summed E-state index contributed by atoms with van der Waals surface area (Å²) in [4.78, 5) is 13.3. The molecule has 1 amide bonds. The van der Waals surface area contributed by atoms with Crippen molar-refractivity contribution in [3.05, 3.63) is 53.8 Å². The van der Waals surface area contributed by atoms with Crippen LogP contribution in [-0.2, 0) is 4.79 Å². The molecule has 1 unspecified atom stereocenters. The van der Waals surface area contributed by atoms with Gasteiger partial charge in [0.05, 0.1) is 0 Å². The van der Waals surface area contributed by atoms with Crippen LogP contribution in [0.25, 0.3) is 0 Å². The van der Waals surface area contributed by atoms with Crippen molar-refractivity contribution < 1.29 is 13.9 Å². The molecule has 2 rings (SSSR count). The molecule has 3 nitrogen and oxygen atoms in total. The fourth-order valence-corrected chi connectivity index (χ4v) is 2.28. The van der Waals surface area contributed by atoms with Gasteiger partial charge in [0, 0.05) is 10.6 Å². The number of anilines is 1. The number of aryl methyl sites for hydroxylation is 1. The van der Waals surface area contributed by atoms with E-state index in [1.165, 1.54) is 12.1 Å². The number of hydrogen-bond acceptors (Lipinski definition) is 3. The average Bonchev–Trinajstić information content (AvgIpc) is 2.51. The van der Waals surface area contributed by atoms with E-state index >= 15 is 0 Å². The van der Waals surface area contributed by atoms with Crippen LogP contribution in [0.2, 0.25) is 0 Å². The Kier molecular flexibility index (Phi) is 5.44. The number of carbonyl (C=O) groups excluding carboxylic acids is 1. The van der Waals surface area contributed by atoms with Crippen LogP contribution in [-0.4, -0.2) is 18.3 Å². The van der Waals surface area contributed by atoms with Gasteiger partial charge in [0.2, 0.25) is 0 Å². The number of benzene rings is 2. The lowest BCUT2D eigenvalue weighted by molar-refractivity contribution is -0.122. The molecular formula is C17H18FNO2S. The van der Waals surface area contributed by atoms with Gasteiger partial charge in [-0.05, 0) is 62.1 Å². The molecule has 0 saturated carbocycles. The summed E-state index contributed by atoms with van der Waals surface area (Å²) < 4.78 is 18.8. The summed E-state index contributed by atoms with van der Waals surface area (Å²) in [5.41, 5.74) is 1.25. The minimum absolute atomic E-state index is 0.317. The van der Waals surface area contributed by atoms with Crippen LogP contribution in [0.1, 0.15) is 12.5 Å². The lowest BCUT2D eigenvalue weighted by atomic mass is 10.2. The van der Waals surface area contributed by atoms with Gasteiger partial charge in [-0.1, -0.05) is 6.07 Å². The highest BCUT2D eigenvalue weighted by atomic mass is 32.2. The van der Waals surface area contributed by atoms with Gasteiger partial charge < -0.3 is 10.1 Å². The van der Waals surface area contributed by atoms with Crippen molar-refractivity contribution in [3.63, 3.8) is 0 Å². The second-order valence-corrected chi connectivity index (χ2v) is 5.76. The smallest absolute Gasteiger partial charge is 0.265 e. The number of carbonyl (C=O) groups is 1. The number of nitrogens with one attached hydrogen (secondary N) is 1. The first-order valence-electron chi connectivity index (χ1n) is 6.87. The van der Waals surface area contributed by atoms with Crippen LogP contribution < -0.4 is 10.1 Å². The number of ether oxygens (including phenoxy) is 1. The van der Waals surface area contributed by atoms with Crippen LogP contribution in [0.15, 0.2) is 47.4 Å². The van der Waals surface area contributed by atoms with Crippen molar-refractivity contribution >= 4 is 23.4 Å². The molecule has 0 aliphatic heterocycles. The first kappa shape index (κ1) is 16.4. The molecule has 0 bridgehead atoms. The first-order chi connectivity index (χ1) is 10.5. The maximum atomic E-state index is 13.2. The zero-order valence-corrected chi connectivity index (χ0v) is 13.5. The maximum Gasteiger partial charge on any atom is 0.265 e. The van der Waals surface area contributed by atoms with E-state index in [4.69, 9.17) is 4.74 Å². The van der Waals surface area contributed by atoms with Gasteiger partial charge in [-0.15, -0.1) is 11.8 Å². The van der Waals surface area contributed by atoms with E-state index in [2.05, 4.69) is 5.32 Å². The monoisotopic (exact) mass is 319 g/mol. The van der Waals surface area contributed by atoms with Crippen LogP contribution in [0.4, 0.5) is 10.1 Å². The minimum Gasteiger partial charge on any atom is -0.481 e. The van der Waals surface area contributed by atoms with E-state index in [0.717, 1.165) is 10.5 Å². The quantitative estimate of drug-likeness (QED) is 0.837. The predicted octanol–water partition coefficient (Wildman–Crippen LogP) is 4.26. The van der Waals surface area contributed by atoms with Crippen molar-refractivity contribution in [2.45, 2.75) is 24.8 Å². The lowest BCUT2D eigenvalue weighted by Gasteiger charge is -2.16. The normalized spacial score (nSPS) is 11.8. The molecule has 0 spiro atoms. The fraction of sp³-hybridized carbons (Fsp3) is 0.235. The highest BCUT2D eigenvalue weighted by molar-refractivity contribution is 7.98. The largest absolute Gasteiger partial charge is 0.481 e. The predicted molar refractivity (Wildman–Crippen MR) is 88.1 cm³/mol. The number of amides is 1. The molecule has 0 saturated heterocycles. The molecule has 1 atom stereocenters. The summed E-state index contributed by atoms with van der Waals surface area (Å²) in [5.74, 6) is -0.0822. The zero-order chi connectivity index (χ0) is 16.1. The van der Waals surface area contributed by atoms with E-state index < -0.39 is 6.10 Å². The van der Waals surface area contributed by atoms with Crippen LogP contribution in [0.5, 0.6) is 5.75 Å². The fourth-order valence-electron chi connectivity index (χ4n) is 1.88. The van der Waals surface area contributed by atoms with Gasteiger partial charge in [0.15, 0.2) is 6.10 Å². The van der Waals surface area contributed by atoms with Gasteiger partial charge in [0.1, 0.15) is 11.6 Å². The van der Waals surface area contributed by atoms with Gasteiger partial charge in [-0.25, -0.2) is 4.39 Å². The summed E-state index contributed by atoms with van der Waals surface area (Å²) in [7, 11) is 0. The topological polar surface area (TPSA) is 38.3 Å². The Morgan fingerprint density at radius 3 is 2.55 bits per heavy atom. The summed E-state index contributed by atoms with van der Waals surface area (Å²) in [5, 5.41) is 2.69. The average molecular weight is 319 g/mol. The Balaban J connectivity index is 2.00. The molecule has 0 aliphatic rings. The van der Waals surface area contributed by atoms with Gasteiger partial charge in [-0.2, -0.15) is 0 Å². The maximum absolute atomic E-state index is 13.2. The summed E-state index contributed by atoms with van der Waals surface area (Å²) in [6.45, 7) is 3.47. The van der Waals surface area contributed by atoms with Crippen LogP contribution >= 0.6 is 11.8 Å². The Morgan fingerprint density at radius 1 is 1.23 bits per heavy atom. The third-order valence-corrected chi connectivity index (χ3v) is 3.94. The second-order valence-electron chi connectivity index (χ2n) is 4.88. The van der Waals surface area contributed by atoms with E-state index in [0.29, 0.717) is 11.4 Å². The van der Waals surface area contributed by atoms with Crippen molar-refractivity contribution in [1.82, 2.24) is 0 Å². The van der Waals surface area contributed by atoms with E-state index in [1.807, 2.05) is 37.4 Å². The van der Waals surface area contributed by atoms with E-state index in [-0.39, 0.29) is 11.7 Å². The number of rotatable bonds is 5. The molecule has 5 heteroatoms. The van der Waals surface area contributed by atoms with Crippen molar-refractivity contribution in [1.29, 1.82) is 0 Å². The number of hydrogen-bond donors (Lipinski definition) is 1. The molecular weight excluding hydrogens is 301 g/mol. The number of thioether (sulfide) groups is 1. The summed E-state index contributed by atoms with van der Waals surface area (Å²) >= 11 is 1.64. The highest BCUT2D eigenvalue weighted by Crippen LogP contribution is 2.21. The SMILES string of the molecule is CSc1ccc(OC(C)C(=O)Nc2cc(F)ccc2C)cc1. The third-order valence-electron chi connectivity index (χ3n) is 3.20. The standard InChI is InChI=1S/C17H18FNO2S/c1-11-4-5-13(18)10-16(11)19-17(20)12(2)21-14-6-8-15(22-3)9-7-14/h4-10,12H,1-3H3,(H,19,20). The van der Waals surface area contributed by atoms with Gasteiger partial charge in [0.25, 0.3) is 5.91 Å². The molecule has 22 heavy (non-hydrogen) atoms. The molecule has 0 radical (unpaired) electrons. The lowest BCUT2D eigenvalue weighted by Crippen LogP contribution is -2.30. The van der Waals surface area contributed by atoms with Gasteiger partial charge in [-0.3, -0.25) is 4.79 Å². The van der Waals surface area contributed by atoms with Crippen molar-refractivity contribution in [2.75, 3.05) is 11.6 Å². The van der Waals surface area contributed by atoms with E-state index in [9.17, 15) is 9.18 Å². The van der Waals surface area contributed by atoms with Crippen LogP contribution in [0.3, 0.4) is 0 Å². The van der Waals surface area contributed by atoms with Crippen LogP contribution in [0, 0.1) is 12.7 Å². The molecule has 2 aromatic carbocycles. The highest BCUT2D eigenvalue weighted by Gasteiger charge is 2.16. The third kappa shape index (κ3) is 4.24. The zero-order valence-electron chi connectivity index (χ0n) is 12.7. The Hall–Kier alpha value is -2.01. The molecule has 1 N–H and O–H groups in total. The Labute approximate surface area is 133 Å². The molecule has 116 valence electrons. The van der Waals surface area contributed by atoms with Crippen molar-refractivity contribution in [3.8, 4) is 5.75 Å². The number of halogens is 1. The first-order valence-corrected chi connectivity index (χ1v) is 8.10.